The largest absolute Gasteiger partial charge is 0.347 e. The Morgan fingerprint density at radius 1 is 1.28 bits per heavy atom. The number of rotatable bonds is 4. The van der Waals surface area contributed by atoms with Crippen LogP contribution >= 0.6 is 0 Å². The minimum absolute atomic E-state index is 0.186. The normalized spacial score (nSPS) is 19.2. The minimum atomic E-state index is 0.186. The minimum Gasteiger partial charge on any atom is -0.347 e. The van der Waals surface area contributed by atoms with Crippen LogP contribution in [0.5, 0.6) is 0 Å². The van der Waals surface area contributed by atoms with Crippen molar-refractivity contribution in [2.24, 2.45) is 5.92 Å². The molecule has 2 nitrogen and oxygen atoms in total. The van der Waals surface area contributed by atoms with Crippen LogP contribution in [0.3, 0.4) is 0 Å². The van der Waals surface area contributed by atoms with Gasteiger partial charge in [-0.25, -0.2) is 0 Å². The number of carbonyl (C=O) groups is 1. The van der Waals surface area contributed by atoms with Gasteiger partial charge >= 0.3 is 0 Å². The van der Waals surface area contributed by atoms with Gasteiger partial charge in [0.15, 0.2) is 0 Å². The molecule has 0 aliphatic carbocycles. The van der Waals surface area contributed by atoms with E-state index in [1.54, 1.807) is 0 Å². The Morgan fingerprint density at radius 3 is 2.61 bits per heavy atom. The molecule has 1 heterocycles. The zero-order valence-electron chi connectivity index (χ0n) is 11.0. The van der Waals surface area contributed by atoms with Crippen LogP contribution in [-0.2, 0) is 4.79 Å². The molecule has 0 amide bonds. The highest BCUT2D eigenvalue weighted by Crippen LogP contribution is 2.31. The van der Waals surface area contributed by atoms with Crippen molar-refractivity contribution in [3.63, 3.8) is 0 Å². The van der Waals surface area contributed by atoms with Crippen LogP contribution in [0.25, 0.3) is 5.70 Å². The number of aldehydes is 1. The molecule has 1 aliphatic rings. The van der Waals surface area contributed by atoms with E-state index in [-0.39, 0.29) is 5.92 Å². The van der Waals surface area contributed by atoms with Crippen molar-refractivity contribution >= 4 is 12.0 Å². The average molecular weight is 241 g/mol. The highest BCUT2D eigenvalue weighted by atomic mass is 16.1. The summed E-state index contributed by atoms with van der Waals surface area (Å²) in [6.45, 7) is 5.15. The molecule has 2 heteroatoms. The summed E-state index contributed by atoms with van der Waals surface area (Å²) >= 11 is 0. The summed E-state index contributed by atoms with van der Waals surface area (Å²) < 4.78 is 0. The maximum absolute atomic E-state index is 11.4. The molecular weight excluding hydrogens is 222 g/mol. The quantitative estimate of drug-likeness (QED) is 0.752. The van der Waals surface area contributed by atoms with Crippen LogP contribution in [0.2, 0.25) is 0 Å². The Bertz CT molecular complexity index is 473. The van der Waals surface area contributed by atoms with Gasteiger partial charge in [0.1, 0.15) is 6.29 Å². The van der Waals surface area contributed by atoms with Gasteiger partial charge in [0, 0.05) is 24.2 Å². The monoisotopic (exact) mass is 241 g/mol. The topological polar surface area (TPSA) is 20.3 Å². The van der Waals surface area contributed by atoms with Crippen LogP contribution in [0.1, 0.15) is 25.8 Å². The van der Waals surface area contributed by atoms with Gasteiger partial charge < -0.3 is 4.90 Å². The highest BCUT2D eigenvalue weighted by molar-refractivity contribution is 5.89. The Morgan fingerprint density at radius 2 is 2.00 bits per heavy atom. The van der Waals surface area contributed by atoms with E-state index in [2.05, 4.69) is 43.2 Å². The van der Waals surface area contributed by atoms with E-state index < -0.39 is 0 Å². The second kappa shape index (κ2) is 5.67. The maximum atomic E-state index is 11.4. The molecule has 2 rings (SSSR count). The molecule has 0 unspecified atom stereocenters. The molecule has 1 aromatic rings. The molecule has 94 valence electrons. The van der Waals surface area contributed by atoms with E-state index in [1.165, 1.54) is 0 Å². The summed E-state index contributed by atoms with van der Waals surface area (Å²) in [7, 11) is 0. The van der Waals surface area contributed by atoms with Crippen molar-refractivity contribution in [3.8, 4) is 0 Å². The van der Waals surface area contributed by atoms with Gasteiger partial charge in [0.25, 0.3) is 0 Å². The third-order valence-corrected chi connectivity index (χ3v) is 3.24. The molecule has 0 saturated carbocycles. The molecule has 0 N–H and O–H groups in total. The van der Waals surface area contributed by atoms with E-state index in [1.807, 2.05) is 18.2 Å². The molecular formula is C16H19NO. The number of nitrogens with zero attached hydrogens (tertiary/aromatic N) is 1. The van der Waals surface area contributed by atoms with Crippen LogP contribution in [0.4, 0.5) is 0 Å². The second-order valence-electron chi connectivity index (χ2n) is 4.61. The van der Waals surface area contributed by atoms with Gasteiger partial charge in [-0.3, -0.25) is 4.79 Å². The van der Waals surface area contributed by atoms with Gasteiger partial charge in [-0.2, -0.15) is 0 Å². The molecule has 1 atom stereocenters. The fourth-order valence-corrected chi connectivity index (χ4v) is 2.31. The first kappa shape index (κ1) is 12.6. The van der Waals surface area contributed by atoms with Gasteiger partial charge in [0.05, 0.1) is 5.70 Å². The first-order chi connectivity index (χ1) is 8.77. The highest BCUT2D eigenvalue weighted by Gasteiger charge is 2.21. The fourth-order valence-electron chi connectivity index (χ4n) is 2.31. The van der Waals surface area contributed by atoms with Crippen molar-refractivity contribution in [2.75, 3.05) is 6.54 Å². The van der Waals surface area contributed by atoms with Crippen LogP contribution in [0.15, 0.2) is 48.2 Å². The summed E-state index contributed by atoms with van der Waals surface area (Å²) in [5, 5.41) is 0. The van der Waals surface area contributed by atoms with Crippen molar-refractivity contribution < 1.29 is 4.79 Å². The average Bonchev–Trinajstić information content (AvgIpc) is 2.41. The summed E-state index contributed by atoms with van der Waals surface area (Å²) in [5.74, 6) is 0.186. The van der Waals surface area contributed by atoms with Crippen molar-refractivity contribution in [3.05, 3.63) is 53.7 Å². The van der Waals surface area contributed by atoms with Gasteiger partial charge in [0.2, 0.25) is 0 Å². The van der Waals surface area contributed by atoms with Crippen LogP contribution in [0, 0.1) is 5.92 Å². The zero-order valence-corrected chi connectivity index (χ0v) is 11.0. The zero-order chi connectivity index (χ0) is 13.0. The van der Waals surface area contributed by atoms with Gasteiger partial charge in [-0.1, -0.05) is 50.3 Å². The predicted octanol–water partition coefficient (Wildman–Crippen LogP) is 3.47. The molecule has 0 aromatic heterocycles. The molecule has 0 saturated heterocycles. The lowest BCUT2D eigenvalue weighted by molar-refractivity contribution is -0.105. The van der Waals surface area contributed by atoms with E-state index in [4.69, 9.17) is 0 Å². The van der Waals surface area contributed by atoms with Crippen molar-refractivity contribution in [1.82, 2.24) is 4.90 Å². The lowest BCUT2D eigenvalue weighted by Gasteiger charge is -2.30. The number of allylic oxidation sites excluding steroid dienone is 2. The van der Waals surface area contributed by atoms with Gasteiger partial charge in [-0.15, -0.1) is 0 Å². The van der Waals surface area contributed by atoms with E-state index in [9.17, 15) is 4.79 Å². The van der Waals surface area contributed by atoms with Gasteiger partial charge in [-0.05, 0) is 12.0 Å². The molecule has 18 heavy (non-hydrogen) atoms. The molecule has 0 fully saturated rings. The van der Waals surface area contributed by atoms with E-state index in [0.29, 0.717) is 0 Å². The van der Waals surface area contributed by atoms with Crippen molar-refractivity contribution in [2.45, 2.75) is 20.3 Å². The smallest absolute Gasteiger partial charge is 0.148 e. The summed E-state index contributed by atoms with van der Waals surface area (Å²) in [5.41, 5.74) is 3.05. The molecule has 1 aromatic carbocycles. The van der Waals surface area contributed by atoms with Crippen LogP contribution in [-0.4, -0.2) is 17.7 Å². The van der Waals surface area contributed by atoms with Crippen LogP contribution < -0.4 is 0 Å². The summed E-state index contributed by atoms with van der Waals surface area (Å²) in [4.78, 5) is 13.6. The maximum Gasteiger partial charge on any atom is 0.148 e. The first-order valence-electron chi connectivity index (χ1n) is 6.47. The van der Waals surface area contributed by atoms with E-state index in [0.717, 1.165) is 36.1 Å². The third kappa shape index (κ3) is 2.37. The molecule has 0 spiro atoms. The lowest BCUT2D eigenvalue weighted by atomic mass is 9.93. The lowest BCUT2D eigenvalue weighted by Crippen LogP contribution is -2.24. The Kier molecular flexibility index (Phi) is 3.98. The van der Waals surface area contributed by atoms with Crippen molar-refractivity contribution in [1.29, 1.82) is 0 Å². The SMILES string of the molecule is CCCN1C=C[C@@H](C)C(C=O)=C1c1ccccc1. The Balaban J connectivity index is 2.49. The molecule has 0 radical (unpaired) electrons. The Hall–Kier alpha value is -1.83. The summed E-state index contributed by atoms with van der Waals surface area (Å²) in [6.07, 6.45) is 6.25. The fraction of sp³-hybridized carbons (Fsp3) is 0.312. The number of benzene rings is 1. The van der Waals surface area contributed by atoms with E-state index >= 15 is 0 Å². The Labute approximate surface area is 109 Å². The third-order valence-electron chi connectivity index (χ3n) is 3.24. The predicted molar refractivity (Wildman–Crippen MR) is 74.7 cm³/mol. The molecule has 0 bridgehead atoms. The molecule has 1 aliphatic heterocycles. The second-order valence-corrected chi connectivity index (χ2v) is 4.61. The summed E-state index contributed by atoms with van der Waals surface area (Å²) in [6, 6.07) is 10.1. The first-order valence-corrected chi connectivity index (χ1v) is 6.47. The number of carbonyl (C=O) groups excluding carboxylic acids is 1. The standard InChI is InChI=1S/C16H19NO/c1-3-10-17-11-9-13(2)15(12-18)16(17)14-7-5-4-6-8-14/h4-9,11-13H,3,10H2,1-2H3/t13-/m1/s1. The number of hydrogen-bond acceptors (Lipinski definition) is 2. The number of hydrogen-bond donors (Lipinski definition) is 0.